The molecule has 0 aromatic heterocycles. The van der Waals surface area contributed by atoms with Gasteiger partial charge in [-0.1, -0.05) is 110 Å². The number of hydrogen-bond acceptors (Lipinski definition) is 6. The Labute approximate surface area is 240 Å². The Hall–Kier alpha value is -0.500. The number of unbranched alkanes of at least 4 members (excludes halogenated alkanes) is 15. The van der Waals surface area contributed by atoms with E-state index in [0.29, 0.717) is 24.1 Å². The van der Waals surface area contributed by atoms with Crippen LogP contribution in [-0.2, 0) is 27.9 Å². The van der Waals surface area contributed by atoms with E-state index in [2.05, 4.69) is 13.8 Å². The van der Waals surface area contributed by atoms with Gasteiger partial charge in [0.1, 0.15) is 19.3 Å². The first-order valence-electron chi connectivity index (χ1n) is 15.8. The monoisotopic (exact) mass is 580 g/mol. The minimum atomic E-state index is -4.24. The molecular weight excluding hydrogens is 517 g/mol. The summed E-state index contributed by atoms with van der Waals surface area (Å²) in [5, 5.41) is 0. The van der Waals surface area contributed by atoms with Gasteiger partial charge in [0.05, 0.1) is 34.4 Å². The van der Waals surface area contributed by atoms with Crippen LogP contribution in [0.2, 0.25) is 0 Å². The van der Waals surface area contributed by atoms with Crippen LogP contribution in [0.5, 0.6) is 0 Å². The van der Waals surface area contributed by atoms with E-state index >= 15 is 0 Å². The quantitative estimate of drug-likeness (QED) is 0.0417. The molecule has 0 bridgehead atoms. The summed E-state index contributed by atoms with van der Waals surface area (Å²) in [7, 11) is 1.67. The number of ether oxygens (including phenoxy) is 2. The third-order valence-electron chi connectivity index (χ3n) is 6.67. The van der Waals surface area contributed by atoms with Crippen LogP contribution in [0.15, 0.2) is 0 Å². The molecule has 0 spiro atoms. The van der Waals surface area contributed by atoms with Crippen molar-refractivity contribution in [2.24, 2.45) is 0 Å². The molecule has 0 aliphatic carbocycles. The van der Waals surface area contributed by atoms with Crippen molar-refractivity contribution < 1.29 is 37.3 Å². The maximum Gasteiger partial charge on any atom is 0.472 e. The van der Waals surface area contributed by atoms with Crippen LogP contribution in [0, 0.1) is 0 Å². The molecule has 0 aromatic carbocycles. The van der Waals surface area contributed by atoms with Crippen LogP contribution in [0.4, 0.5) is 0 Å². The summed E-state index contributed by atoms with van der Waals surface area (Å²) in [4.78, 5) is 22.5. The molecule has 0 radical (unpaired) electrons. The number of phosphoric ester groups is 1. The largest absolute Gasteiger partial charge is 0.472 e. The van der Waals surface area contributed by atoms with E-state index in [-0.39, 0.29) is 25.8 Å². The molecule has 2 unspecified atom stereocenters. The van der Waals surface area contributed by atoms with Crippen molar-refractivity contribution in [3.8, 4) is 0 Å². The molecule has 39 heavy (non-hydrogen) atoms. The van der Waals surface area contributed by atoms with Gasteiger partial charge in [0.15, 0.2) is 0 Å². The van der Waals surface area contributed by atoms with Gasteiger partial charge < -0.3 is 18.9 Å². The predicted molar refractivity (Wildman–Crippen MR) is 160 cm³/mol. The average molecular weight is 581 g/mol. The van der Waals surface area contributed by atoms with Crippen LogP contribution >= 0.6 is 7.82 Å². The highest BCUT2D eigenvalue weighted by Gasteiger charge is 2.26. The van der Waals surface area contributed by atoms with Gasteiger partial charge in [0.2, 0.25) is 0 Å². The van der Waals surface area contributed by atoms with Crippen LogP contribution in [0.25, 0.3) is 0 Å². The topological polar surface area (TPSA) is 91.3 Å². The Balaban J connectivity index is 4.38. The number of phosphoric acid groups is 1. The highest BCUT2D eigenvalue weighted by molar-refractivity contribution is 7.47. The number of carbonyl (C=O) groups excluding carboxylic acids is 1. The lowest BCUT2D eigenvalue weighted by molar-refractivity contribution is -0.870. The summed E-state index contributed by atoms with van der Waals surface area (Å²) in [6, 6.07) is 0. The predicted octanol–water partition coefficient (Wildman–Crippen LogP) is 7.82. The Bertz CT molecular complexity index is 613. The second-order valence-electron chi connectivity index (χ2n) is 11.9. The number of likely N-dealkylation sites (N-methyl/N-ethyl adjacent to an activating group) is 1. The number of carbonyl (C=O) groups is 1. The van der Waals surface area contributed by atoms with E-state index in [0.717, 1.165) is 32.1 Å². The Morgan fingerprint density at radius 1 is 0.692 bits per heavy atom. The molecule has 0 fully saturated rings. The molecule has 2 atom stereocenters. The number of quaternary nitrogens is 1. The van der Waals surface area contributed by atoms with Crippen LogP contribution < -0.4 is 0 Å². The standard InChI is InChI=1S/C30H62NO7P/c1-6-8-10-12-14-16-18-20-22-25-35-27-29(28-37-39(33,34)36-26-24-31(3,4)5)38-30(32)23-21-19-17-15-13-11-9-7-2/h29H,6-28H2,1-5H3/p+1. The number of hydrogen-bond donors (Lipinski definition) is 1. The van der Waals surface area contributed by atoms with Gasteiger partial charge in [-0.3, -0.25) is 13.8 Å². The smallest absolute Gasteiger partial charge is 0.457 e. The van der Waals surface area contributed by atoms with Crippen molar-refractivity contribution in [2.75, 3.05) is 54.1 Å². The number of nitrogens with zero attached hydrogens (tertiary/aromatic N) is 1. The fourth-order valence-electron chi connectivity index (χ4n) is 4.14. The Morgan fingerprint density at radius 2 is 1.18 bits per heavy atom. The molecule has 234 valence electrons. The van der Waals surface area contributed by atoms with Crippen molar-refractivity contribution in [3.05, 3.63) is 0 Å². The van der Waals surface area contributed by atoms with E-state index in [1.807, 2.05) is 21.1 Å². The van der Waals surface area contributed by atoms with Crippen molar-refractivity contribution >= 4 is 13.8 Å². The zero-order valence-electron chi connectivity index (χ0n) is 26.1. The molecule has 0 heterocycles. The van der Waals surface area contributed by atoms with Gasteiger partial charge in [-0.05, 0) is 12.8 Å². The summed E-state index contributed by atoms with van der Waals surface area (Å²) < 4.78 is 34.5. The number of rotatable bonds is 29. The van der Waals surface area contributed by atoms with Gasteiger partial charge in [-0.2, -0.15) is 0 Å². The van der Waals surface area contributed by atoms with E-state index < -0.39 is 13.9 Å². The molecule has 0 saturated heterocycles. The Kier molecular flexibility index (Phi) is 24.9. The molecule has 0 aliphatic heterocycles. The first kappa shape index (κ1) is 38.5. The fraction of sp³-hybridized carbons (Fsp3) is 0.967. The lowest BCUT2D eigenvalue weighted by Crippen LogP contribution is -2.37. The maximum absolute atomic E-state index is 12.4. The third kappa shape index (κ3) is 28.8. The summed E-state index contributed by atoms with van der Waals surface area (Å²) in [6.07, 6.45) is 19.9. The normalized spacial score (nSPS) is 14.3. The third-order valence-corrected chi connectivity index (χ3v) is 7.65. The van der Waals surface area contributed by atoms with Gasteiger partial charge in [-0.15, -0.1) is 0 Å². The van der Waals surface area contributed by atoms with Crippen molar-refractivity contribution in [2.45, 2.75) is 136 Å². The zero-order valence-corrected chi connectivity index (χ0v) is 27.0. The van der Waals surface area contributed by atoms with Gasteiger partial charge >= 0.3 is 13.8 Å². The van der Waals surface area contributed by atoms with Gasteiger partial charge in [0, 0.05) is 13.0 Å². The van der Waals surface area contributed by atoms with E-state index in [4.69, 9.17) is 18.5 Å². The zero-order chi connectivity index (χ0) is 29.2. The van der Waals surface area contributed by atoms with Crippen LogP contribution in [-0.4, -0.2) is 75.6 Å². The van der Waals surface area contributed by atoms with Crippen molar-refractivity contribution in [3.63, 3.8) is 0 Å². The van der Waals surface area contributed by atoms with Gasteiger partial charge in [0.25, 0.3) is 0 Å². The molecular formula is C30H63NO7P+. The summed E-state index contributed by atoms with van der Waals surface area (Å²) in [5.41, 5.74) is 0. The number of esters is 1. The molecule has 1 N–H and O–H groups in total. The van der Waals surface area contributed by atoms with Gasteiger partial charge in [-0.25, -0.2) is 4.57 Å². The second-order valence-corrected chi connectivity index (χ2v) is 13.3. The maximum atomic E-state index is 12.4. The lowest BCUT2D eigenvalue weighted by Gasteiger charge is -2.24. The summed E-state index contributed by atoms with van der Waals surface area (Å²) >= 11 is 0. The minimum Gasteiger partial charge on any atom is -0.457 e. The molecule has 0 aliphatic rings. The summed E-state index contributed by atoms with van der Waals surface area (Å²) in [5.74, 6) is -0.319. The second kappa shape index (κ2) is 25.2. The summed E-state index contributed by atoms with van der Waals surface area (Å²) in [6.45, 7) is 5.57. The SMILES string of the molecule is CCCCCCCCCCCOCC(COP(=O)(O)OCC[N+](C)(C)C)OC(=O)CCCCCCCCCC. The minimum absolute atomic E-state index is 0.0925. The molecule has 0 saturated carbocycles. The van der Waals surface area contributed by atoms with Crippen LogP contribution in [0.3, 0.4) is 0 Å². The molecule has 8 nitrogen and oxygen atoms in total. The average Bonchev–Trinajstić information content (AvgIpc) is 2.86. The fourth-order valence-corrected chi connectivity index (χ4v) is 4.88. The Morgan fingerprint density at radius 3 is 1.69 bits per heavy atom. The lowest BCUT2D eigenvalue weighted by atomic mass is 10.1. The molecule has 9 heteroatoms. The van der Waals surface area contributed by atoms with Crippen molar-refractivity contribution in [1.29, 1.82) is 0 Å². The highest BCUT2D eigenvalue weighted by Crippen LogP contribution is 2.43. The first-order valence-corrected chi connectivity index (χ1v) is 17.3. The molecule has 0 aromatic rings. The highest BCUT2D eigenvalue weighted by atomic mass is 31.2. The van der Waals surface area contributed by atoms with E-state index in [1.54, 1.807) is 0 Å². The first-order chi connectivity index (χ1) is 18.6. The van der Waals surface area contributed by atoms with E-state index in [1.165, 1.54) is 77.0 Å². The van der Waals surface area contributed by atoms with Crippen molar-refractivity contribution in [1.82, 2.24) is 0 Å². The molecule has 0 rings (SSSR count). The molecule has 0 amide bonds. The van der Waals surface area contributed by atoms with Crippen LogP contribution in [0.1, 0.15) is 129 Å². The van der Waals surface area contributed by atoms with E-state index in [9.17, 15) is 14.3 Å².